The smallest absolute Gasteiger partial charge is 0.230 e. The third kappa shape index (κ3) is 3.36. The summed E-state index contributed by atoms with van der Waals surface area (Å²) in [5, 5.41) is 12.2. The van der Waals surface area contributed by atoms with Crippen LogP contribution in [0.3, 0.4) is 0 Å². The van der Waals surface area contributed by atoms with Crippen molar-refractivity contribution < 1.29 is 9.90 Å². The molecule has 1 unspecified atom stereocenters. The minimum atomic E-state index is -0.421. The van der Waals surface area contributed by atoms with Crippen LogP contribution in [0.2, 0.25) is 0 Å². The number of nitrogens with one attached hydrogen (secondary N) is 1. The fourth-order valence-electron chi connectivity index (χ4n) is 3.61. The molecule has 0 aliphatic heterocycles. The number of amides is 1. The molecule has 24 heavy (non-hydrogen) atoms. The lowest BCUT2D eigenvalue weighted by Gasteiger charge is -2.34. The molecule has 0 bridgehead atoms. The number of aryl methyl sites for hydroxylation is 1. The zero-order valence-corrected chi connectivity index (χ0v) is 14.2. The number of carbonyl (C=O) groups excluding carboxylic acids is 1. The third-order valence-corrected chi connectivity index (χ3v) is 5.14. The normalized spacial score (nSPS) is 19.6. The van der Waals surface area contributed by atoms with Crippen LogP contribution < -0.4 is 5.32 Å². The van der Waals surface area contributed by atoms with E-state index in [4.69, 9.17) is 5.11 Å². The maximum absolute atomic E-state index is 12.8. The Morgan fingerprint density at radius 1 is 1.12 bits per heavy atom. The quantitative estimate of drug-likeness (QED) is 0.888. The number of rotatable bonds is 5. The van der Waals surface area contributed by atoms with Gasteiger partial charge in [0.2, 0.25) is 5.91 Å². The predicted octanol–water partition coefficient (Wildman–Crippen LogP) is 3.13. The van der Waals surface area contributed by atoms with Gasteiger partial charge < -0.3 is 10.4 Å². The molecule has 0 saturated heterocycles. The van der Waals surface area contributed by atoms with Crippen molar-refractivity contribution in [1.82, 2.24) is 5.32 Å². The molecule has 1 aliphatic rings. The molecule has 3 heteroatoms. The fourth-order valence-corrected chi connectivity index (χ4v) is 3.61. The van der Waals surface area contributed by atoms with Gasteiger partial charge in [0.15, 0.2) is 0 Å². The highest BCUT2D eigenvalue weighted by Gasteiger charge is 2.38. The Hall–Kier alpha value is -2.13. The monoisotopic (exact) mass is 323 g/mol. The number of aliphatic hydroxyl groups is 1. The lowest BCUT2D eigenvalue weighted by atomic mass is 9.70. The minimum Gasteiger partial charge on any atom is -0.392 e. The zero-order valence-electron chi connectivity index (χ0n) is 14.2. The first-order valence-corrected chi connectivity index (χ1v) is 8.69. The van der Waals surface area contributed by atoms with E-state index in [1.165, 1.54) is 16.7 Å². The summed E-state index contributed by atoms with van der Waals surface area (Å²) >= 11 is 0. The average molecular weight is 323 g/mol. The summed E-state index contributed by atoms with van der Waals surface area (Å²) in [5.74, 6) is 0.127. The van der Waals surface area contributed by atoms with Crippen LogP contribution in [0.15, 0.2) is 48.5 Å². The Balaban J connectivity index is 1.62. The van der Waals surface area contributed by atoms with E-state index in [0.717, 1.165) is 31.2 Å². The van der Waals surface area contributed by atoms with E-state index in [1.54, 1.807) is 0 Å². The molecular formula is C21H25NO2. The second-order valence-corrected chi connectivity index (χ2v) is 6.82. The van der Waals surface area contributed by atoms with E-state index in [1.807, 2.05) is 30.3 Å². The first-order chi connectivity index (χ1) is 11.6. The molecule has 2 N–H and O–H groups in total. The Morgan fingerprint density at radius 3 is 2.58 bits per heavy atom. The van der Waals surface area contributed by atoms with Crippen LogP contribution in [-0.2, 0) is 29.7 Å². The van der Waals surface area contributed by atoms with Gasteiger partial charge in [-0.15, -0.1) is 0 Å². The second-order valence-electron chi connectivity index (χ2n) is 6.82. The molecule has 3 nitrogen and oxygen atoms in total. The number of hydrogen-bond acceptors (Lipinski definition) is 2. The van der Waals surface area contributed by atoms with E-state index in [2.05, 4.69) is 30.4 Å². The molecule has 3 rings (SSSR count). The average Bonchev–Trinajstić information content (AvgIpc) is 2.62. The van der Waals surface area contributed by atoms with Crippen LogP contribution in [0.1, 0.15) is 42.0 Å². The van der Waals surface area contributed by atoms with E-state index in [9.17, 15) is 4.79 Å². The molecule has 0 fully saturated rings. The van der Waals surface area contributed by atoms with Crippen LogP contribution >= 0.6 is 0 Å². The van der Waals surface area contributed by atoms with Gasteiger partial charge >= 0.3 is 0 Å². The van der Waals surface area contributed by atoms with Gasteiger partial charge in [-0.25, -0.2) is 0 Å². The molecule has 0 aromatic heterocycles. The number of hydrogen-bond donors (Lipinski definition) is 2. The van der Waals surface area contributed by atoms with Crippen molar-refractivity contribution in [1.29, 1.82) is 0 Å². The highest BCUT2D eigenvalue weighted by Crippen LogP contribution is 2.37. The lowest BCUT2D eigenvalue weighted by Crippen LogP contribution is -2.45. The standard InChI is InChI=1S/C21H25NO2/c1-21(13-4-6-18-5-2-3-7-19(18)21)20(24)22-14-12-16-8-10-17(15-23)11-9-16/h2-3,5,7-11,23H,4,6,12-15H2,1H3,(H,22,24). The van der Waals surface area contributed by atoms with Crippen molar-refractivity contribution in [2.24, 2.45) is 0 Å². The molecule has 1 aliphatic carbocycles. The molecule has 0 radical (unpaired) electrons. The summed E-state index contributed by atoms with van der Waals surface area (Å²) < 4.78 is 0. The zero-order chi connectivity index (χ0) is 17.0. The highest BCUT2D eigenvalue weighted by atomic mass is 16.3. The fraction of sp³-hybridized carbons (Fsp3) is 0.381. The molecule has 2 aromatic rings. The summed E-state index contributed by atoms with van der Waals surface area (Å²) in [6, 6.07) is 16.2. The Kier molecular flexibility index (Phi) is 5.00. The van der Waals surface area contributed by atoms with E-state index in [0.29, 0.717) is 6.54 Å². The first kappa shape index (κ1) is 16.7. The van der Waals surface area contributed by atoms with Gasteiger partial charge in [0.25, 0.3) is 0 Å². The summed E-state index contributed by atoms with van der Waals surface area (Å²) in [4.78, 5) is 12.8. The first-order valence-electron chi connectivity index (χ1n) is 8.69. The lowest BCUT2D eigenvalue weighted by molar-refractivity contribution is -0.126. The number of benzene rings is 2. The number of carbonyl (C=O) groups is 1. The Labute approximate surface area is 143 Å². The van der Waals surface area contributed by atoms with Crippen LogP contribution in [0.25, 0.3) is 0 Å². The predicted molar refractivity (Wildman–Crippen MR) is 95.8 cm³/mol. The van der Waals surface area contributed by atoms with E-state index >= 15 is 0 Å². The van der Waals surface area contributed by atoms with Gasteiger partial charge in [-0.1, -0.05) is 48.5 Å². The second kappa shape index (κ2) is 7.18. The van der Waals surface area contributed by atoms with Crippen molar-refractivity contribution in [2.45, 2.75) is 44.6 Å². The van der Waals surface area contributed by atoms with Crippen LogP contribution in [0.5, 0.6) is 0 Å². The SMILES string of the molecule is CC1(C(=O)NCCc2ccc(CO)cc2)CCCc2ccccc21. The summed E-state index contributed by atoms with van der Waals surface area (Å²) in [6.07, 6.45) is 3.83. The van der Waals surface area contributed by atoms with Crippen molar-refractivity contribution in [3.8, 4) is 0 Å². The number of fused-ring (bicyclic) bond motifs is 1. The molecule has 2 aromatic carbocycles. The highest BCUT2D eigenvalue weighted by molar-refractivity contribution is 5.88. The van der Waals surface area contributed by atoms with Gasteiger partial charge in [0.1, 0.15) is 0 Å². The maximum Gasteiger partial charge on any atom is 0.230 e. The number of aliphatic hydroxyl groups excluding tert-OH is 1. The largest absolute Gasteiger partial charge is 0.392 e. The van der Waals surface area contributed by atoms with Crippen molar-refractivity contribution in [3.63, 3.8) is 0 Å². The molecule has 1 amide bonds. The van der Waals surface area contributed by atoms with Crippen LogP contribution in [0.4, 0.5) is 0 Å². The molecule has 126 valence electrons. The van der Waals surface area contributed by atoms with Crippen molar-refractivity contribution in [2.75, 3.05) is 6.54 Å². The molecule has 0 heterocycles. The van der Waals surface area contributed by atoms with Crippen molar-refractivity contribution in [3.05, 3.63) is 70.8 Å². The van der Waals surface area contributed by atoms with Gasteiger partial charge in [-0.2, -0.15) is 0 Å². The summed E-state index contributed by atoms with van der Waals surface area (Å²) in [6.45, 7) is 2.76. The molecule has 1 atom stereocenters. The molecule has 0 saturated carbocycles. The van der Waals surface area contributed by atoms with Gasteiger partial charge in [-0.05, 0) is 54.9 Å². The Morgan fingerprint density at radius 2 is 1.83 bits per heavy atom. The van der Waals surface area contributed by atoms with Gasteiger partial charge in [-0.3, -0.25) is 4.79 Å². The van der Waals surface area contributed by atoms with E-state index in [-0.39, 0.29) is 12.5 Å². The topological polar surface area (TPSA) is 49.3 Å². The van der Waals surface area contributed by atoms with Gasteiger partial charge in [0, 0.05) is 6.54 Å². The molecular weight excluding hydrogens is 298 g/mol. The van der Waals surface area contributed by atoms with Crippen LogP contribution in [0, 0.1) is 0 Å². The van der Waals surface area contributed by atoms with Crippen LogP contribution in [-0.4, -0.2) is 17.6 Å². The molecule has 0 spiro atoms. The maximum atomic E-state index is 12.8. The Bertz CT molecular complexity index is 708. The summed E-state index contributed by atoms with van der Waals surface area (Å²) in [5.41, 5.74) is 4.15. The summed E-state index contributed by atoms with van der Waals surface area (Å²) in [7, 11) is 0. The van der Waals surface area contributed by atoms with E-state index < -0.39 is 5.41 Å². The third-order valence-electron chi connectivity index (χ3n) is 5.14. The van der Waals surface area contributed by atoms with Gasteiger partial charge in [0.05, 0.1) is 12.0 Å². The van der Waals surface area contributed by atoms with Crippen molar-refractivity contribution >= 4 is 5.91 Å². The minimum absolute atomic E-state index is 0.0643.